The lowest BCUT2D eigenvalue weighted by atomic mass is 9.92. The highest BCUT2D eigenvalue weighted by atomic mass is 16.6. The largest absolute Gasteiger partial charge is 0.396 e. The summed E-state index contributed by atoms with van der Waals surface area (Å²) in [5.41, 5.74) is -0.705. The Labute approximate surface area is 192 Å². The second-order valence-electron chi connectivity index (χ2n) is 10.1. The first-order chi connectivity index (χ1) is 15.1. The Hall–Kier alpha value is -0.200. The molecule has 31 heavy (non-hydrogen) atoms. The van der Waals surface area contributed by atoms with Crippen molar-refractivity contribution in [1.29, 1.82) is 0 Å². The number of hydrogen-bond acceptors (Lipinski definition) is 5. The van der Waals surface area contributed by atoms with E-state index in [1.165, 1.54) is 83.5 Å². The van der Waals surface area contributed by atoms with Gasteiger partial charge in [0.2, 0.25) is 0 Å². The van der Waals surface area contributed by atoms with Crippen LogP contribution in [0, 0.1) is 11.3 Å². The molecule has 5 heteroatoms. The predicted octanol–water partition coefficient (Wildman–Crippen LogP) is 5.51. The summed E-state index contributed by atoms with van der Waals surface area (Å²) < 4.78 is 16.4. The molecule has 0 saturated carbocycles. The van der Waals surface area contributed by atoms with Gasteiger partial charge in [0.15, 0.2) is 0 Å². The fourth-order valence-electron chi connectivity index (χ4n) is 3.84. The number of rotatable bonds is 24. The SMILES string of the molecule is CC(C)CCCCCCCCCCCCCCCOCC(CO)(CO)COCC1CO1. The molecule has 0 spiro atoms. The molecule has 5 nitrogen and oxygen atoms in total. The Kier molecular flexibility index (Phi) is 17.9. The van der Waals surface area contributed by atoms with Gasteiger partial charge in [-0.25, -0.2) is 0 Å². The molecule has 1 unspecified atom stereocenters. The molecular formula is C26H52O5. The molecule has 0 aromatic carbocycles. The predicted molar refractivity (Wildman–Crippen MR) is 127 cm³/mol. The average Bonchev–Trinajstić information content (AvgIpc) is 3.59. The lowest BCUT2D eigenvalue weighted by molar-refractivity contribution is -0.0788. The van der Waals surface area contributed by atoms with Crippen LogP contribution in [0.25, 0.3) is 0 Å². The molecular weight excluding hydrogens is 392 g/mol. The van der Waals surface area contributed by atoms with Crippen LogP contribution in [0.2, 0.25) is 0 Å². The summed E-state index contributed by atoms with van der Waals surface area (Å²) in [7, 11) is 0. The van der Waals surface area contributed by atoms with Crippen molar-refractivity contribution >= 4 is 0 Å². The van der Waals surface area contributed by atoms with Crippen molar-refractivity contribution in [2.75, 3.05) is 46.2 Å². The van der Waals surface area contributed by atoms with Gasteiger partial charge >= 0.3 is 0 Å². The van der Waals surface area contributed by atoms with Crippen molar-refractivity contribution in [1.82, 2.24) is 0 Å². The molecule has 1 saturated heterocycles. The monoisotopic (exact) mass is 444 g/mol. The van der Waals surface area contributed by atoms with Gasteiger partial charge in [-0.05, 0) is 12.3 Å². The third-order valence-corrected chi connectivity index (χ3v) is 6.26. The maximum Gasteiger partial charge on any atom is 0.104 e. The van der Waals surface area contributed by atoms with Gasteiger partial charge in [-0.2, -0.15) is 0 Å². The van der Waals surface area contributed by atoms with Crippen molar-refractivity contribution in [2.24, 2.45) is 11.3 Å². The summed E-state index contributed by atoms with van der Waals surface area (Å²) >= 11 is 0. The van der Waals surface area contributed by atoms with Crippen molar-refractivity contribution in [3.05, 3.63) is 0 Å². The van der Waals surface area contributed by atoms with Crippen molar-refractivity contribution < 1.29 is 24.4 Å². The average molecular weight is 445 g/mol. The number of unbranched alkanes of at least 4 members (excludes halogenated alkanes) is 12. The highest BCUT2D eigenvalue weighted by Crippen LogP contribution is 2.19. The van der Waals surface area contributed by atoms with Crippen LogP contribution in [0.4, 0.5) is 0 Å². The first kappa shape index (κ1) is 28.8. The molecule has 1 fully saturated rings. The summed E-state index contributed by atoms with van der Waals surface area (Å²) in [6.07, 6.45) is 19.1. The molecule has 0 bridgehead atoms. The van der Waals surface area contributed by atoms with Crippen LogP contribution >= 0.6 is 0 Å². The van der Waals surface area contributed by atoms with E-state index in [4.69, 9.17) is 14.2 Å². The van der Waals surface area contributed by atoms with Crippen LogP contribution in [-0.2, 0) is 14.2 Å². The minimum atomic E-state index is -0.705. The van der Waals surface area contributed by atoms with Crippen LogP contribution in [0.5, 0.6) is 0 Å². The number of ether oxygens (including phenoxy) is 3. The zero-order chi connectivity index (χ0) is 22.6. The number of epoxide rings is 1. The highest BCUT2D eigenvalue weighted by Gasteiger charge is 2.31. The van der Waals surface area contributed by atoms with Crippen LogP contribution in [0.15, 0.2) is 0 Å². The Morgan fingerprint density at radius 2 is 1.19 bits per heavy atom. The maximum atomic E-state index is 9.65. The summed E-state index contributed by atoms with van der Waals surface area (Å²) in [6.45, 7) is 6.98. The Balaban J connectivity index is 1.82. The molecule has 1 heterocycles. The standard InChI is InChI=1S/C26H52O5/c1-24(2)16-14-12-10-8-6-4-3-5-7-9-11-13-15-17-29-22-26(20-27,21-28)23-30-18-25-19-31-25/h24-25,27-28H,3-23H2,1-2H3. The summed E-state index contributed by atoms with van der Waals surface area (Å²) in [5.74, 6) is 0.863. The van der Waals surface area contributed by atoms with E-state index in [0.29, 0.717) is 26.4 Å². The lowest BCUT2D eigenvalue weighted by Gasteiger charge is -2.29. The third kappa shape index (κ3) is 17.0. The third-order valence-electron chi connectivity index (χ3n) is 6.26. The Morgan fingerprint density at radius 1 is 0.742 bits per heavy atom. The maximum absolute atomic E-state index is 9.65. The van der Waals surface area contributed by atoms with Gasteiger partial charge in [-0.1, -0.05) is 97.3 Å². The van der Waals surface area contributed by atoms with E-state index in [0.717, 1.165) is 18.9 Å². The van der Waals surface area contributed by atoms with Crippen LogP contribution in [0.3, 0.4) is 0 Å². The van der Waals surface area contributed by atoms with E-state index in [-0.39, 0.29) is 19.3 Å². The van der Waals surface area contributed by atoms with Crippen LogP contribution in [0.1, 0.15) is 104 Å². The zero-order valence-electron chi connectivity index (χ0n) is 20.6. The fourth-order valence-corrected chi connectivity index (χ4v) is 3.84. The van der Waals surface area contributed by atoms with Gasteiger partial charge in [0.25, 0.3) is 0 Å². The molecule has 2 N–H and O–H groups in total. The molecule has 1 aliphatic heterocycles. The summed E-state index contributed by atoms with van der Waals surface area (Å²) in [5, 5.41) is 19.3. The second kappa shape index (κ2) is 19.3. The van der Waals surface area contributed by atoms with E-state index in [2.05, 4.69) is 13.8 Å². The van der Waals surface area contributed by atoms with Crippen molar-refractivity contribution in [3.8, 4) is 0 Å². The number of aliphatic hydroxyl groups is 2. The lowest BCUT2D eigenvalue weighted by Crippen LogP contribution is -2.40. The van der Waals surface area contributed by atoms with Crippen LogP contribution < -0.4 is 0 Å². The van der Waals surface area contributed by atoms with Gasteiger partial charge in [0.1, 0.15) is 6.10 Å². The van der Waals surface area contributed by atoms with Crippen molar-refractivity contribution in [3.63, 3.8) is 0 Å². The first-order valence-electron chi connectivity index (χ1n) is 13.1. The zero-order valence-corrected chi connectivity index (χ0v) is 20.6. The molecule has 0 aromatic heterocycles. The van der Waals surface area contributed by atoms with E-state index < -0.39 is 5.41 Å². The highest BCUT2D eigenvalue weighted by molar-refractivity contribution is 4.78. The smallest absolute Gasteiger partial charge is 0.104 e. The number of aliphatic hydroxyl groups excluding tert-OH is 2. The molecule has 0 radical (unpaired) electrons. The van der Waals surface area contributed by atoms with E-state index in [9.17, 15) is 10.2 Å². The van der Waals surface area contributed by atoms with E-state index >= 15 is 0 Å². The summed E-state index contributed by atoms with van der Waals surface area (Å²) in [4.78, 5) is 0. The topological polar surface area (TPSA) is 71.5 Å². The van der Waals surface area contributed by atoms with Gasteiger partial charge in [-0.15, -0.1) is 0 Å². The molecule has 0 aromatic rings. The summed E-state index contributed by atoms with van der Waals surface area (Å²) in [6, 6.07) is 0. The second-order valence-corrected chi connectivity index (χ2v) is 10.1. The van der Waals surface area contributed by atoms with Crippen LogP contribution in [-0.4, -0.2) is 62.6 Å². The van der Waals surface area contributed by atoms with Gasteiger partial charge in [-0.3, -0.25) is 0 Å². The minimum Gasteiger partial charge on any atom is -0.396 e. The van der Waals surface area contributed by atoms with Gasteiger partial charge in [0.05, 0.1) is 45.1 Å². The Morgan fingerprint density at radius 3 is 1.65 bits per heavy atom. The van der Waals surface area contributed by atoms with Crippen molar-refractivity contribution in [2.45, 2.75) is 110 Å². The molecule has 1 rings (SSSR count). The van der Waals surface area contributed by atoms with E-state index in [1.54, 1.807) is 0 Å². The molecule has 0 amide bonds. The normalized spacial score (nSPS) is 16.4. The fraction of sp³-hybridized carbons (Fsp3) is 1.00. The first-order valence-corrected chi connectivity index (χ1v) is 13.1. The molecule has 1 atom stereocenters. The number of hydrogen-bond donors (Lipinski definition) is 2. The molecule has 186 valence electrons. The molecule has 0 aliphatic carbocycles. The minimum absolute atomic E-state index is 0.132. The Bertz CT molecular complexity index is 380. The van der Waals surface area contributed by atoms with Gasteiger partial charge in [0, 0.05) is 6.61 Å². The van der Waals surface area contributed by atoms with Gasteiger partial charge < -0.3 is 24.4 Å². The quantitative estimate of drug-likeness (QED) is 0.152. The molecule has 1 aliphatic rings. The van der Waals surface area contributed by atoms with E-state index in [1.807, 2.05) is 0 Å².